The second-order valence-electron chi connectivity index (χ2n) is 8.61. The quantitative estimate of drug-likeness (QED) is 0.547. The van der Waals surface area contributed by atoms with Crippen molar-refractivity contribution in [1.29, 1.82) is 0 Å². The molecule has 0 aliphatic carbocycles. The molecular formula is C24H31N3O5. The van der Waals surface area contributed by atoms with E-state index in [4.69, 9.17) is 9.90 Å². The molecule has 3 amide bonds. The van der Waals surface area contributed by atoms with Crippen molar-refractivity contribution in [2.75, 3.05) is 19.6 Å². The largest absolute Gasteiger partial charge is 0.483 e. The highest BCUT2D eigenvalue weighted by molar-refractivity contribution is 5.92. The van der Waals surface area contributed by atoms with Gasteiger partial charge in [-0.3, -0.25) is 19.2 Å². The summed E-state index contributed by atoms with van der Waals surface area (Å²) in [4.78, 5) is 49.5. The minimum Gasteiger partial charge on any atom is -0.483 e. The standard InChI is InChI=1S/C23H29N3O3.CH2O2/c1-16(27)24-13-21-19-12-18(20-8-5-9-23(29)26(20)21)14-25(15-19)22(28)11-10-17-6-3-2-4-7-17;2-1-3/h2-4,6-7,10-11,18-21H,5,8-9,12-15H2,1H3,(H,24,27);1H,(H,2,3)/t18-,19+,20+,21+;/m1./s1. The fraction of sp³-hybridized carbons (Fsp3) is 0.500. The average molecular weight is 442 g/mol. The highest BCUT2D eigenvalue weighted by atomic mass is 16.3. The zero-order valence-corrected chi connectivity index (χ0v) is 18.4. The van der Waals surface area contributed by atoms with E-state index in [1.807, 2.05) is 41.3 Å². The molecule has 3 heterocycles. The van der Waals surface area contributed by atoms with E-state index in [9.17, 15) is 14.4 Å². The van der Waals surface area contributed by atoms with Crippen LogP contribution in [0.5, 0.6) is 0 Å². The number of carboxylic acid groups (broad SMARTS) is 1. The second-order valence-corrected chi connectivity index (χ2v) is 8.61. The van der Waals surface area contributed by atoms with E-state index < -0.39 is 0 Å². The van der Waals surface area contributed by atoms with Gasteiger partial charge < -0.3 is 20.2 Å². The van der Waals surface area contributed by atoms with Gasteiger partial charge in [0.25, 0.3) is 6.47 Å². The first-order valence-corrected chi connectivity index (χ1v) is 11.1. The zero-order chi connectivity index (χ0) is 23.1. The Bertz CT molecular complexity index is 856. The predicted molar refractivity (Wildman–Crippen MR) is 119 cm³/mol. The molecule has 8 heteroatoms. The van der Waals surface area contributed by atoms with Crippen molar-refractivity contribution >= 4 is 30.3 Å². The number of likely N-dealkylation sites (tertiary alicyclic amines) is 1. The van der Waals surface area contributed by atoms with Crippen LogP contribution < -0.4 is 5.32 Å². The smallest absolute Gasteiger partial charge is 0.290 e. The summed E-state index contributed by atoms with van der Waals surface area (Å²) in [5, 5.41) is 9.80. The SMILES string of the molecule is CC(=O)NC[C@H]1[C@H]2C[C@H](CN(C(=O)C=Cc3ccccc3)C2)[C@@H]2CCCC(=O)N21.O=CO. The average Bonchev–Trinajstić information content (AvgIpc) is 2.78. The zero-order valence-electron chi connectivity index (χ0n) is 18.4. The molecule has 0 radical (unpaired) electrons. The molecule has 32 heavy (non-hydrogen) atoms. The summed E-state index contributed by atoms with van der Waals surface area (Å²) in [7, 11) is 0. The van der Waals surface area contributed by atoms with Crippen molar-refractivity contribution in [3.05, 3.63) is 42.0 Å². The van der Waals surface area contributed by atoms with Crippen LogP contribution in [0.1, 0.15) is 38.2 Å². The fourth-order valence-electron chi connectivity index (χ4n) is 5.30. The molecule has 8 nitrogen and oxygen atoms in total. The van der Waals surface area contributed by atoms with Crippen molar-refractivity contribution in [2.45, 2.75) is 44.7 Å². The molecule has 4 rings (SSSR count). The molecule has 4 atom stereocenters. The number of amides is 3. The van der Waals surface area contributed by atoms with Crippen LogP contribution in [-0.2, 0) is 19.2 Å². The lowest BCUT2D eigenvalue weighted by molar-refractivity contribution is -0.155. The summed E-state index contributed by atoms with van der Waals surface area (Å²) in [5.41, 5.74) is 1.01. The first-order chi connectivity index (χ1) is 15.4. The number of rotatable bonds is 4. The molecule has 3 aliphatic heterocycles. The number of piperidine rings is 3. The third kappa shape index (κ3) is 5.55. The molecule has 1 aromatic rings. The molecule has 0 unspecified atom stereocenters. The predicted octanol–water partition coefficient (Wildman–Crippen LogP) is 1.76. The Labute approximate surface area is 188 Å². The normalized spacial score (nSPS) is 26.6. The van der Waals surface area contributed by atoms with Gasteiger partial charge in [-0.25, -0.2) is 0 Å². The van der Waals surface area contributed by atoms with Crippen molar-refractivity contribution in [2.24, 2.45) is 11.8 Å². The maximum atomic E-state index is 12.9. The maximum Gasteiger partial charge on any atom is 0.290 e. The van der Waals surface area contributed by atoms with E-state index in [0.717, 1.165) is 24.8 Å². The van der Waals surface area contributed by atoms with Gasteiger partial charge in [0.1, 0.15) is 0 Å². The van der Waals surface area contributed by atoms with E-state index in [-0.39, 0.29) is 42.2 Å². The Kier molecular flexibility index (Phi) is 8.03. The van der Waals surface area contributed by atoms with Gasteiger partial charge in [0.15, 0.2) is 0 Å². The summed E-state index contributed by atoms with van der Waals surface area (Å²) in [6.45, 7) is 3.06. The Morgan fingerprint density at radius 3 is 2.56 bits per heavy atom. The Hall–Kier alpha value is -3.16. The molecule has 2 bridgehead atoms. The molecule has 172 valence electrons. The van der Waals surface area contributed by atoms with Crippen LogP contribution in [0.4, 0.5) is 0 Å². The van der Waals surface area contributed by atoms with Gasteiger partial charge in [-0.05, 0) is 42.7 Å². The van der Waals surface area contributed by atoms with Crippen molar-refractivity contribution in [1.82, 2.24) is 15.1 Å². The monoisotopic (exact) mass is 441 g/mol. The number of hydrogen-bond acceptors (Lipinski definition) is 4. The lowest BCUT2D eigenvalue weighted by Gasteiger charge is -2.56. The summed E-state index contributed by atoms with van der Waals surface area (Å²) >= 11 is 0. The van der Waals surface area contributed by atoms with Crippen LogP contribution in [0.25, 0.3) is 6.08 Å². The van der Waals surface area contributed by atoms with Gasteiger partial charge in [0.05, 0.1) is 6.04 Å². The van der Waals surface area contributed by atoms with Gasteiger partial charge in [-0.2, -0.15) is 0 Å². The molecule has 2 N–H and O–H groups in total. The molecular weight excluding hydrogens is 410 g/mol. The number of carbonyl (C=O) groups is 4. The highest BCUT2D eigenvalue weighted by Crippen LogP contribution is 2.41. The van der Waals surface area contributed by atoms with Gasteiger partial charge in [0.2, 0.25) is 17.7 Å². The molecule has 0 spiro atoms. The topological polar surface area (TPSA) is 107 Å². The molecule has 3 fully saturated rings. The van der Waals surface area contributed by atoms with Gasteiger partial charge in [-0.15, -0.1) is 0 Å². The van der Waals surface area contributed by atoms with Crippen LogP contribution in [0.3, 0.4) is 0 Å². The Morgan fingerprint density at radius 1 is 1.19 bits per heavy atom. The van der Waals surface area contributed by atoms with Crippen LogP contribution in [0.15, 0.2) is 36.4 Å². The Morgan fingerprint density at radius 2 is 1.88 bits per heavy atom. The van der Waals surface area contributed by atoms with Crippen LogP contribution in [0.2, 0.25) is 0 Å². The van der Waals surface area contributed by atoms with Crippen LogP contribution >= 0.6 is 0 Å². The minimum atomic E-state index is -0.250. The van der Waals surface area contributed by atoms with Gasteiger partial charge in [-0.1, -0.05) is 30.3 Å². The number of nitrogens with zero attached hydrogens (tertiary/aromatic N) is 2. The van der Waals surface area contributed by atoms with E-state index in [1.165, 1.54) is 6.92 Å². The van der Waals surface area contributed by atoms with E-state index in [1.54, 1.807) is 6.08 Å². The molecule has 3 saturated heterocycles. The fourth-order valence-corrected chi connectivity index (χ4v) is 5.30. The first kappa shape index (κ1) is 23.5. The van der Waals surface area contributed by atoms with Crippen molar-refractivity contribution < 1.29 is 24.3 Å². The molecule has 1 aromatic carbocycles. The minimum absolute atomic E-state index is 0.0254. The number of benzene rings is 1. The number of carbonyl (C=O) groups excluding carboxylic acids is 3. The highest BCUT2D eigenvalue weighted by Gasteiger charge is 2.49. The summed E-state index contributed by atoms with van der Waals surface area (Å²) in [6.07, 6.45) is 7.03. The van der Waals surface area contributed by atoms with Gasteiger partial charge >= 0.3 is 0 Å². The summed E-state index contributed by atoms with van der Waals surface area (Å²) < 4.78 is 0. The molecule has 0 saturated carbocycles. The summed E-state index contributed by atoms with van der Waals surface area (Å²) in [6, 6.07) is 9.97. The number of fused-ring (bicyclic) bond motifs is 4. The van der Waals surface area contributed by atoms with Crippen LogP contribution in [0, 0.1) is 11.8 Å². The number of hydrogen-bond donors (Lipinski definition) is 2. The van der Waals surface area contributed by atoms with E-state index in [2.05, 4.69) is 10.2 Å². The molecule has 3 aliphatic rings. The van der Waals surface area contributed by atoms with E-state index in [0.29, 0.717) is 32.0 Å². The lowest BCUT2D eigenvalue weighted by Crippen LogP contribution is -2.67. The lowest BCUT2D eigenvalue weighted by atomic mass is 9.72. The first-order valence-electron chi connectivity index (χ1n) is 11.1. The Balaban J connectivity index is 0.000000913. The van der Waals surface area contributed by atoms with Crippen LogP contribution in [-0.4, -0.2) is 70.8 Å². The second kappa shape index (κ2) is 10.9. The van der Waals surface area contributed by atoms with Crippen molar-refractivity contribution in [3.8, 4) is 0 Å². The maximum absolute atomic E-state index is 12.9. The van der Waals surface area contributed by atoms with E-state index >= 15 is 0 Å². The third-order valence-electron chi connectivity index (χ3n) is 6.59. The third-order valence-corrected chi connectivity index (χ3v) is 6.59. The van der Waals surface area contributed by atoms with Crippen molar-refractivity contribution in [3.63, 3.8) is 0 Å². The van der Waals surface area contributed by atoms with Gasteiger partial charge in [0, 0.05) is 45.1 Å². The number of nitrogens with one attached hydrogen (secondary N) is 1. The molecule has 0 aromatic heterocycles. The summed E-state index contributed by atoms with van der Waals surface area (Å²) in [5.74, 6) is 0.670.